The monoisotopic (exact) mass is 443 g/mol. The molecule has 1 aliphatic rings. The van der Waals surface area contributed by atoms with Crippen LogP contribution in [-0.4, -0.2) is 29.6 Å². The minimum atomic E-state index is -3.89. The number of non-ortho nitro benzene ring substituents is 1. The van der Waals surface area contributed by atoms with Crippen LogP contribution in [0.4, 0.5) is 11.4 Å². The molecule has 3 aromatic rings. The van der Waals surface area contributed by atoms with Crippen LogP contribution in [0.25, 0.3) is 0 Å². The van der Waals surface area contributed by atoms with Crippen LogP contribution < -0.4 is 5.32 Å². The summed E-state index contributed by atoms with van der Waals surface area (Å²) in [5.41, 5.74) is 1.82. The van der Waals surface area contributed by atoms with Crippen LogP contribution >= 0.6 is 11.3 Å². The number of amides is 1. The Kier molecular flexibility index (Phi) is 5.37. The van der Waals surface area contributed by atoms with Crippen LogP contribution in [0, 0.1) is 10.1 Å². The number of carbonyl (C=O) groups is 1. The van der Waals surface area contributed by atoms with Crippen LogP contribution in [0.5, 0.6) is 0 Å². The van der Waals surface area contributed by atoms with Gasteiger partial charge in [-0.1, -0.05) is 36.4 Å². The molecule has 8 nitrogen and oxygen atoms in total. The SMILES string of the molecule is O=C(Nc1cccc([N+](=O)[O-])c1)[C@@H]1Cc2ccccc2CN1S(=O)(=O)c1cccs1. The number of nitrogens with zero attached hydrogens (tertiary/aromatic N) is 2. The fourth-order valence-electron chi connectivity index (χ4n) is 3.42. The number of thiophene rings is 1. The van der Waals surface area contributed by atoms with Crippen molar-refractivity contribution < 1.29 is 18.1 Å². The number of carbonyl (C=O) groups excluding carboxylic acids is 1. The zero-order valence-electron chi connectivity index (χ0n) is 15.6. The molecule has 154 valence electrons. The van der Waals surface area contributed by atoms with E-state index in [4.69, 9.17) is 0 Å². The first-order valence-electron chi connectivity index (χ1n) is 9.04. The van der Waals surface area contributed by atoms with Gasteiger partial charge in [-0.3, -0.25) is 14.9 Å². The Hall–Kier alpha value is -3.08. The van der Waals surface area contributed by atoms with Crippen molar-refractivity contribution in [1.82, 2.24) is 4.31 Å². The molecule has 1 N–H and O–H groups in total. The van der Waals surface area contributed by atoms with E-state index in [1.165, 1.54) is 34.6 Å². The molecule has 1 aliphatic heterocycles. The summed E-state index contributed by atoms with van der Waals surface area (Å²) in [6.07, 6.45) is 0.210. The molecule has 10 heteroatoms. The number of nitro groups is 1. The third-order valence-corrected chi connectivity index (χ3v) is 8.12. The van der Waals surface area contributed by atoms with E-state index < -0.39 is 26.9 Å². The average Bonchev–Trinajstić information content (AvgIpc) is 3.29. The van der Waals surface area contributed by atoms with E-state index in [0.29, 0.717) is 0 Å². The summed E-state index contributed by atoms with van der Waals surface area (Å²) >= 11 is 1.09. The van der Waals surface area contributed by atoms with Gasteiger partial charge in [0.05, 0.1) is 4.92 Å². The third kappa shape index (κ3) is 3.84. The number of anilines is 1. The van der Waals surface area contributed by atoms with Gasteiger partial charge in [-0.15, -0.1) is 11.3 Å². The number of fused-ring (bicyclic) bond motifs is 1. The number of rotatable bonds is 5. The lowest BCUT2D eigenvalue weighted by atomic mass is 9.95. The zero-order chi connectivity index (χ0) is 21.3. The van der Waals surface area contributed by atoms with Gasteiger partial charge in [0.25, 0.3) is 15.7 Å². The van der Waals surface area contributed by atoms with E-state index >= 15 is 0 Å². The van der Waals surface area contributed by atoms with Crippen molar-refractivity contribution in [2.75, 3.05) is 5.32 Å². The minimum absolute atomic E-state index is 0.0728. The summed E-state index contributed by atoms with van der Waals surface area (Å²) in [5.74, 6) is -0.537. The lowest BCUT2D eigenvalue weighted by molar-refractivity contribution is -0.384. The molecule has 30 heavy (non-hydrogen) atoms. The maximum atomic E-state index is 13.2. The lowest BCUT2D eigenvalue weighted by Crippen LogP contribution is -2.50. The van der Waals surface area contributed by atoms with Crippen LogP contribution in [0.15, 0.2) is 70.3 Å². The molecule has 0 fully saturated rings. The molecule has 0 radical (unpaired) electrons. The van der Waals surface area contributed by atoms with E-state index in [0.717, 1.165) is 22.5 Å². The van der Waals surface area contributed by atoms with Crippen molar-refractivity contribution in [2.45, 2.75) is 23.2 Å². The molecular formula is C20H17N3O5S2. The van der Waals surface area contributed by atoms with E-state index in [1.807, 2.05) is 24.3 Å². The van der Waals surface area contributed by atoms with Gasteiger partial charge in [-0.2, -0.15) is 4.31 Å². The van der Waals surface area contributed by atoms with Crippen LogP contribution in [-0.2, 0) is 27.8 Å². The van der Waals surface area contributed by atoms with Gasteiger partial charge in [0.2, 0.25) is 5.91 Å². The Balaban J connectivity index is 1.69. The van der Waals surface area contributed by atoms with Gasteiger partial charge >= 0.3 is 0 Å². The topological polar surface area (TPSA) is 110 Å². The molecule has 0 bridgehead atoms. The van der Waals surface area contributed by atoms with Crippen molar-refractivity contribution in [3.8, 4) is 0 Å². The maximum absolute atomic E-state index is 13.2. The molecule has 1 aromatic heterocycles. The smallest absolute Gasteiger partial charge is 0.271 e. The Morgan fingerprint density at radius 1 is 1.10 bits per heavy atom. The highest BCUT2D eigenvalue weighted by Crippen LogP contribution is 2.31. The summed E-state index contributed by atoms with van der Waals surface area (Å²) in [6.45, 7) is 0.0728. The quantitative estimate of drug-likeness (QED) is 0.480. The predicted octanol–water partition coefficient (Wildman–Crippen LogP) is 3.41. The van der Waals surface area contributed by atoms with Gasteiger partial charge < -0.3 is 5.32 Å². The standard InChI is InChI=1S/C20H17N3O5S2/c24-20(21-16-7-3-8-17(12-16)23(25)26)18-11-14-5-1-2-6-15(14)13-22(18)30(27,28)19-9-4-10-29-19/h1-10,12,18H,11,13H2,(H,21,24)/t18-/m0/s1. The Labute approximate surface area is 177 Å². The van der Waals surface area contributed by atoms with Gasteiger partial charge in [0, 0.05) is 24.4 Å². The summed E-state index contributed by atoms with van der Waals surface area (Å²) in [5, 5.41) is 15.3. The first-order chi connectivity index (χ1) is 14.4. The highest BCUT2D eigenvalue weighted by atomic mass is 32.2. The van der Waals surface area contributed by atoms with E-state index in [-0.39, 0.29) is 28.5 Å². The fourth-order valence-corrected chi connectivity index (χ4v) is 6.11. The Morgan fingerprint density at radius 3 is 2.57 bits per heavy atom. The van der Waals surface area contributed by atoms with Crippen LogP contribution in [0.3, 0.4) is 0 Å². The third-order valence-electron chi connectivity index (χ3n) is 4.89. The van der Waals surface area contributed by atoms with Gasteiger partial charge in [0.1, 0.15) is 10.3 Å². The van der Waals surface area contributed by atoms with Gasteiger partial charge in [-0.05, 0) is 35.1 Å². The van der Waals surface area contributed by atoms with Crippen molar-refractivity contribution in [2.24, 2.45) is 0 Å². The molecule has 1 atom stereocenters. The second-order valence-corrected chi connectivity index (χ2v) is 9.83. The van der Waals surface area contributed by atoms with Crippen LogP contribution in [0.1, 0.15) is 11.1 Å². The maximum Gasteiger partial charge on any atom is 0.271 e. The van der Waals surface area contributed by atoms with Crippen molar-refractivity contribution in [3.63, 3.8) is 0 Å². The molecule has 2 heterocycles. The Bertz CT molecular complexity index is 1210. The summed E-state index contributed by atoms with van der Waals surface area (Å²) in [7, 11) is -3.89. The minimum Gasteiger partial charge on any atom is -0.324 e. The van der Waals surface area contributed by atoms with E-state index in [1.54, 1.807) is 11.4 Å². The molecule has 1 amide bonds. The number of hydrogen-bond acceptors (Lipinski definition) is 6. The molecule has 2 aromatic carbocycles. The van der Waals surface area contributed by atoms with E-state index in [9.17, 15) is 23.3 Å². The molecule has 4 rings (SSSR count). The number of nitro benzene ring substituents is 1. The second-order valence-electron chi connectivity index (χ2n) is 6.77. The molecule has 0 unspecified atom stereocenters. The highest BCUT2D eigenvalue weighted by molar-refractivity contribution is 7.91. The van der Waals surface area contributed by atoms with Crippen molar-refractivity contribution in [1.29, 1.82) is 0 Å². The predicted molar refractivity (Wildman–Crippen MR) is 113 cm³/mol. The molecule has 0 spiro atoms. The highest BCUT2D eigenvalue weighted by Gasteiger charge is 2.40. The molecular weight excluding hydrogens is 426 g/mol. The van der Waals surface area contributed by atoms with Gasteiger partial charge in [-0.25, -0.2) is 8.42 Å². The fraction of sp³-hybridized carbons (Fsp3) is 0.150. The number of nitrogens with one attached hydrogen (secondary N) is 1. The summed E-state index contributed by atoms with van der Waals surface area (Å²) in [4.78, 5) is 23.5. The largest absolute Gasteiger partial charge is 0.324 e. The van der Waals surface area contributed by atoms with E-state index in [2.05, 4.69) is 5.32 Å². The van der Waals surface area contributed by atoms with Crippen LogP contribution in [0.2, 0.25) is 0 Å². The zero-order valence-corrected chi connectivity index (χ0v) is 17.2. The number of benzene rings is 2. The second kappa shape index (κ2) is 7.98. The molecule has 0 saturated heterocycles. The van der Waals surface area contributed by atoms with Crippen molar-refractivity contribution >= 4 is 38.6 Å². The average molecular weight is 444 g/mol. The lowest BCUT2D eigenvalue weighted by Gasteiger charge is -2.34. The van der Waals surface area contributed by atoms with Crippen molar-refractivity contribution in [3.05, 3.63) is 87.3 Å². The normalized spacial score (nSPS) is 16.6. The first kappa shape index (κ1) is 20.2. The summed E-state index contributed by atoms with van der Waals surface area (Å²) < 4.78 is 27.8. The van der Waals surface area contributed by atoms with Gasteiger partial charge in [0.15, 0.2) is 0 Å². The summed E-state index contributed by atoms with van der Waals surface area (Å²) in [6, 6.07) is 15.1. The number of sulfonamides is 1. The molecule has 0 saturated carbocycles. The number of hydrogen-bond donors (Lipinski definition) is 1. The first-order valence-corrected chi connectivity index (χ1v) is 11.4. The Morgan fingerprint density at radius 2 is 1.87 bits per heavy atom. The molecule has 0 aliphatic carbocycles.